The molecule has 1 aliphatic heterocycles. The molecule has 1 amide bonds. The van der Waals surface area contributed by atoms with Gasteiger partial charge in [0.05, 0.1) is 6.42 Å². The second-order valence-electron chi connectivity index (χ2n) is 4.09. The fraction of sp³-hybridized carbons (Fsp3) is 0.545. The number of carbonyl (C=O) groups excluding carboxylic acids is 1. The molecule has 1 aromatic heterocycles. The largest absolute Gasteiger partial charge is 0.340 e. The van der Waals surface area contributed by atoms with Gasteiger partial charge in [-0.25, -0.2) is 0 Å². The lowest BCUT2D eigenvalue weighted by molar-refractivity contribution is -0.131. The fourth-order valence-corrected chi connectivity index (χ4v) is 3.21. The maximum absolute atomic E-state index is 12.0. The average Bonchev–Trinajstić information content (AvgIpc) is 2.65. The first-order valence-electron chi connectivity index (χ1n) is 5.34. The zero-order valence-corrected chi connectivity index (χ0v) is 11.7. The molecule has 0 bridgehead atoms. The van der Waals surface area contributed by atoms with E-state index in [0.717, 1.165) is 35.5 Å². The van der Waals surface area contributed by atoms with E-state index in [2.05, 4.69) is 27.9 Å². The molecular weight excluding hydrogens is 288 g/mol. The molecule has 0 unspecified atom stereocenters. The van der Waals surface area contributed by atoms with Gasteiger partial charge in [0.25, 0.3) is 0 Å². The highest BCUT2D eigenvalue weighted by Crippen LogP contribution is 2.20. The number of carbonyl (C=O) groups is 1. The maximum Gasteiger partial charge on any atom is 0.227 e. The predicted molar refractivity (Wildman–Crippen MR) is 69.8 cm³/mol. The molecule has 0 N–H and O–H groups in total. The number of halogens is 1. The lowest BCUT2D eigenvalue weighted by Crippen LogP contribution is -2.47. The highest BCUT2D eigenvalue weighted by molar-refractivity contribution is 9.10. The molecule has 0 saturated carbocycles. The van der Waals surface area contributed by atoms with Crippen LogP contribution in [0.2, 0.25) is 0 Å². The highest BCUT2D eigenvalue weighted by atomic mass is 79.9. The standard InChI is InChI=1S/C11H15BrN2OS/c1-13-2-4-14(5-3-13)11(15)7-10-6-9(12)8-16-10/h6,8H,2-5,7H2,1H3. The Balaban J connectivity index is 1.88. The summed E-state index contributed by atoms with van der Waals surface area (Å²) in [5.41, 5.74) is 0. The highest BCUT2D eigenvalue weighted by Gasteiger charge is 2.19. The van der Waals surface area contributed by atoms with Gasteiger partial charge < -0.3 is 9.80 Å². The van der Waals surface area contributed by atoms with Crippen LogP contribution in [-0.4, -0.2) is 48.9 Å². The lowest BCUT2D eigenvalue weighted by Gasteiger charge is -2.32. The Labute approximate surface area is 108 Å². The number of amides is 1. The van der Waals surface area contributed by atoms with Crippen LogP contribution in [0.15, 0.2) is 15.9 Å². The van der Waals surface area contributed by atoms with Crippen LogP contribution < -0.4 is 0 Å². The molecule has 0 aromatic carbocycles. The van der Waals surface area contributed by atoms with Crippen molar-refractivity contribution in [1.29, 1.82) is 0 Å². The third-order valence-corrected chi connectivity index (χ3v) is 4.50. The van der Waals surface area contributed by atoms with Crippen molar-refractivity contribution in [3.63, 3.8) is 0 Å². The Kier molecular flexibility index (Phi) is 4.00. The van der Waals surface area contributed by atoms with Crippen molar-refractivity contribution in [2.45, 2.75) is 6.42 Å². The van der Waals surface area contributed by atoms with E-state index in [4.69, 9.17) is 0 Å². The van der Waals surface area contributed by atoms with Crippen molar-refractivity contribution >= 4 is 33.2 Å². The van der Waals surface area contributed by atoms with Gasteiger partial charge >= 0.3 is 0 Å². The van der Waals surface area contributed by atoms with E-state index in [1.54, 1.807) is 11.3 Å². The molecule has 88 valence electrons. The SMILES string of the molecule is CN1CCN(C(=O)Cc2cc(Br)cs2)CC1. The molecule has 1 aliphatic rings. The normalized spacial score (nSPS) is 17.8. The van der Waals surface area contributed by atoms with Crippen LogP contribution in [-0.2, 0) is 11.2 Å². The minimum atomic E-state index is 0.252. The summed E-state index contributed by atoms with van der Waals surface area (Å²) in [6, 6.07) is 2.03. The molecule has 3 nitrogen and oxygen atoms in total. The minimum Gasteiger partial charge on any atom is -0.340 e. The molecule has 0 radical (unpaired) electrons. The van der Waals surface area contributed by atoms with Crippen molar-refractivity contribution in [2.75, 3.05) is 33.2 Å². The molecule has 5 heteroatoms. The van der Waals surface area contributed by atoms with E-state index in [1.165, 1.54) is 0 Å². The van der Waals surface area contributed by atoms with Crippen molar-refractivity contribution in [2.24, 2.45) is 0 Å². The summed E-state index contributed by atoms with van der Waals surface area (Å²) in [5, 5.41) is 2.02. The van der Waals surface area contributed by atoms with Gasteiger partial charge in [-0.15, -0.1) is 11.3 Å². The number of likely N-dealkylation sites (N-methyl/N-ethyl adjacent to an activating group) is 1. The first-order chi connectivity index (χ1) is 7.65. The van der Waals surface area contributed by atoms with Crippen molar-refractivity contribution < 1.29 is 4.79 Å². The molecule has 2 rings (SSSR count). The first kappa shape index (κ1) is 12.1. The van der Waals surface area contributed by atoms with Gasteiger partial charge in [-0.3, -0.25) is 4.79 Å². The van der Waals surface area contributed by atoms with Gasteiger partial charge in [-0.2, -0.15) is 0 Å². The van der Waals surface area contributed by atoms with E-state index < -0.39 is 0 Å². The van der Waals surface area contributed by atoms with Crippen LogP contribution in [0.3, 0.4) is 0 Å². The average molecular weight is 303 g/mol. The molecule has 0 aliphatic carbocycles. The fourth-order valence-electron chi connectivity index (χ4n) is 1.76. The Morgan fingerprint density at radius 3 is 2.69 bits per heavy atom. The van der Waals surface area contributed by atoms with E-state index in [1.807, 2.05) is 16.3 Å². The van der Waals surface area contributed by atoms with Crippen LogP contribution in [0, 0.1) is 0 Å². The van der Waals surface area contributed by atoms with Gasteiger partial charge in [0.1, 0.15) is 0 Å². The van der Waals surface area contributed by atoms with Gasteiger partial charge in [0.2, 0.25) is 5.91 Å². The second kappa shape index (κ2) is 5.29. The summed E-state index contributed by atoms with van der Waals surface area (Å²) >= 11 is 5.04. The third kappa shape index (κ3) is 3.06. The van der Waals surface area contributed by atoms with E-state index >= 15 is 0 Å². The quantitative estimate of drug-likeness (QED) is 0.832. The van der Waals surface area contributed by atoms with Crippen LogP contribution in [0.4, 0.5) is 0 Å². The summed E-state index contributed by atoms with van der Waals surface area (Å²) in [4.78, 5) is 17.3. The van der Waals surface area contributed by atoms with Gasteiger partial charge in [-0.1, -0.05) is 0 Å². The first-order valence-corrected chi connectivity index (χ1v) is 7.01. The third-order valence-electron chi connectivity index (χ3n) is 2.80. The maximum atomic E-state index is 12.0. The smallest absolute Gasteiger partial charge is 0.227 e. The lowest BCUT2D eigenvalue weighted by atomic mass is 10.2. The Morgan fingerprint density at radius 2 is 2.12 bits per heavy atom. The molecule has 1 fully saturated rings. The topological polar surface area (TPSA) is 23.6 Å². The summed E-state index contributed by atoms with van der Waals surface area (Å²) in [7, 11) is 2.10. The number of thiophene rings is 1. The zero-order chi connectivity index (χ0) is 11.5. The van der Waals surface area contributed by atoms with E-state index in [9.17, 15) is 4.79 Å². The molecule has 2 heterocycles. The van der Waals surface area contributed by atoms with Crippen LogP contribution in [0.25, 0.3) is 0 Å². The Bertz CT molecular complexity index is 372. The van der Waals surface area contributed by atoms with Crippen LogP contribution in [0.5, 0.6) is 0 Å². The van der Waals surface area contributed by atoms with Crippen LogP contribution >= 0.6 is 27.3 Å². The summed E-state index contributed by atoms with van der Waals surface area (Å²) in [6.45, 7) is 3.70. The van der Waals surface area contributed by atoms with Gasteiger partial charge in [0.15, 0.2) is 0 Å². The molecule has 1 saturated heterocycles. The molecule has 0 atom stereocenters. The summed E-state index contributed by atoms with van der Waals surface area (Å²) in [5.74, 6) is 0.252. The number of rotatable bonds is 2. The minimum absolute atomic E-state index is 0.252. The van der Waals surface area contributed by atoms with Gasteiger partial charge in [0, 0.05) is 40.9 Å². The number of hydrogen-bond acceptors (Lipinski definition) is 3. The van der Waals surface area contributed by atoms with E-state index in [-0.39, 0.29) is 5.91 Å². The molecule has 16 heavy (non-hydrogen) atoms. The number of nitrogens with zero attached hydrogens (tertiary/aromatic N) is 2. The van der Waals surface area contributed by atoms with Gasteiger partial charge in [-0.05, 0) is 29.0 Å². The zero-order valence-electron chi connectivity index (χ0n) is 9.28. The molecule has 0 spiro atoms. The molecular formula is C11H15BrN2OS. The Morgan fingerprint density at radius 1 is 1.44 bits per heavy atom. The van der Waals surface area contributed by atoms with Crippen molar-refractivity contribution in [1.82, 2.24) is 9.80 Å². The van der Waals surface area contributed by atoms with Crippen molar-refractivity contribution in [3.05, 3.63) is 20.8 Å². The van der Waals surface area contributed by atoms with Crippen molar-refractivity contribution in [3.8, 4) is 0 Å². The summed E-state index contributed by atoms with van der Waals surface area (Å²) in [6.07, 6.45) is 0.542. The van der Waals surface area contributed by atoms with E-state index in [0.29, 0.717) is 6.42 Å². The second-order valence-corrected chi connectivity index (χ2v) is 6.00. The Hall–Kier alpha value is -0.390. The molecule has 1 aromatic rings. The summed E-state index contributed by atoms with van der Waals surface area (Å²) < 4.78 is 1.07. The predicted octanol–water partition coefficient (Wildman–Crippen LogP) is 1.83. The number of piperazine rings is 1. The van der Waals surface area contributed by atoms with Crippen LogP contribution in [0.1, 0.15) is 4.88 Å². The monoisotopic (exact) mass is 302 g/mol. The number of hydrogen-bond donors (Lipinski definition) is 0.